The van der Waals surface area contributed by atoms with Gasteiger partial charge in [-0.25, -0.2) is 4.98 Å². The van der Waals surface area contributed by atoms with Crippen molar-refractivity contribution < 1.29 is 4.79 Å². The van der Waals surface area contributed by atoms with Crippen LogP contribution in [0.25, 0.3) is 0 Å². The summed E-state index contributed by atoms with van der Waals surface area (Å²) in [7, 11) is 0. The molecule has 2 aromatic rings. The second-order valence-corrected chi connectivity index (χ2v) is 6.55. The van der Waals surface area contributed by atoms with Gasteiger partial charge in [0.2, 0.25) is 5.91 Å². The lowest BCUT2D eigenvalue weighted by Gasteiger charge is -2.38. The third kappa shape index (κ3) is 2.49. The molecule has 2 aromatic heterocycles. The van der Waals surface area contributed by atoms with E-state index < -0.39 is 5.54 Å². The second kappa shape index (κ2) is 6.32. The molecule has 1 atom stereocenters. The average molecular weight is 326 g/mol. The van der Waals surface area contributed by atoms with E-state index in [0.717, 1.165) is 56.7 Å². The first kappa shape index (κ1) is 15.3. The van der Waals surface area contributed by atoms with Crippen molar-refractivity contribution in [1.29, 1.82) is 0 Å². The van der Waals surface area contributed by atoms with Crippen LogP contribution in [0.2, 0.25) is 0 Å². The van der Waals surface area contributed by atoms with Crippen LogP contribution in [0.4, 0.5) is 0 Å². The lowest BCUT2D eigenvalue weighted by Crippen LogP contribution is -2.54. The highest BCUT2D eigenvalue weighted by atomic mass is 16.2. The van der Waals surface area contributed by atoms with E-state index in [0.29, 0.717) is 6.54 Å². The molecule has 0 radical (unpaired) electrons. The van der Waals surface area contributed by atoms with Gasteiger partial charge in [-0.3, -0.25) is 19.7 Å². The number of carbonyl (C=O) groups is 1. The number of aromatic amines is 1. The number of rotatable bonds is 4. The molecule has 0 unspecified atom stereocenters. The predicted octanol–water partition coefficient (Wildman–Crippen LogP) is 1.31. The Morgan fingerprint density at radius 1 is 1.12 bits per heavy atom. The largest absolute Gasteiger partial charge is 0.347 e. The molecule has 126 valence electrons. The molecule has 4 heterocycles. The van der Waals surface area contributed by atoms with Crippen molar-refractivity contribution in [2.45, 2.75) is 37.8 Å². The number of aromatic nitrogens is 4. The van der Waals surface area contributed by atoms with Crippen LogP contribution in [0, 0.1) is 0 Å². The summed E-state index contributed by atoms with van der Waals surface area (Å²) in [6.07, 6.45) is 12.5. The highest BCUT2D eigenvalue weighted by Crippen LogP contribution is 2.40. The van der Waals surface area contributed by atoms with Gasteiger partial charge in [-0.05, 0) is 25.7 Å². The summed E-state index contributed by atoms with van der Waals surface area (Å²) < 4.78 is 0. The molecule has 1 amide bonds. The lowest BCUT2D eigenvalue weighted by atomic mass is 9.90. The van der Waals surface area contributed by atoms with Gasteiger partial charge in [-0.1, -0.05) is 0 Å². The summed E-state index contributed by atoms with van der Waals surface area (Å²) in [5, 5.41) is 0. The zero-order valence-corrected chi connectivity index (χ0v) is 13.7. The fraction of sp³-hybridized carbons (Fsp3) is 0.529. The van der Waals surface area contributed by atoms with Crippen molar-refractivity contribution in [3.8, 4) is 0 Å². The van der Waals surface area contributed by atoms with E-state index in [1.54, 1.807) is 24.9 Å². The molecular formula is C17H22N6O. The molecule has 0 saturated carbocycles. The molecule has 0 aliphatic carbocycles. The molecule has 7 nitrogen and oxygen atoms in total. The number of nitrogens with zero attached hydrogens (tertiary/aromatic N) is 5. The molecule has 24 heavy (non-hydrogen) atoms. The lowest BCUT2D eigenvalue weighted by molar-refractivity contribution is -0.143. The number of hydrogen-bond acceptors (Lipinski definition) is 5. The van der Waals surface area contributed by atoms with Crippen LogP contribution >= 0.6 is 0 Å². The minimum Gasteiger partial charge on any atom is -0.347 e. The van der Waals surface area contributed by atoms with E-state index in [1.165, 1.54) is 0 Å². The van der Waals surface area contributed by atoms with Crippen molar-refractivity contribution in [1.82, 2.24) is 29.7 Å². The minimum atomic E-state index is -0.705. The van der Waals surface area contributed by atoms with Gasteiger partial charge in [0.05, 0.1) is 18.2 Å². The van der Waals surface area contributed by atoms with E-state index in [9.17, 15) is 4.79 Å². The average Bonchev–Trinajstić information content (AvgIpc) is 3.38. The SMILES string of the molecule is O=C(N1CCCC1)[C@@]1(c2cnccn2)CCCN1Cc1cnc[nH]1. The Hall–Kier alpha value is -2.28. The molecule has 2 fully saturated rings. The van der Waals surface area contributed by atoms with Gasteiger partial charge in [0.15, 0.2) is 0 Å². The standard InChI is InChI=1S/C17H22N6O/c24-16(22-7-1-2-8-22)17(15-11-18-5-6-20-15)4-3-9-23(17)12-14-10-19-13-21-14/h5-6,10-11,13H,1-4,7-9,12H2,(H,19,21)/t17-/m0/s1. The topological polar surface area (TPSA) is 78.0 Å². The van der Waals surface area contributed by atoms with Gasteiger partial charge in [0.1, 0.15) is 5.54 Å². The van der Waals surface area contributed by atoms with Crippen LogP contribution in [0.5, 0.6) is 0 Å². The first-order chi connectivity index (χ1) is 11.8. The quantitative estimate of drug-likeness (QED) is 0.917. The molecule has 1 N–H and O–H groups in total. The van der Waals surface area contributed by atoms with Crippen molar-refractivity contribution in [2.24, 2.45) is 0 Å². The molecular weight excluding hydrogens is 304 g/mol. The van der Waals surface area contributed by atoms with Gasteiger partial charge >= 0.3 is 0 Å². The minimum absolute atomic E-state index is 0.178. The van der Waals surface area contributed by atoms with Crippen molar-refractivity contribution >= 4 is 5.91 Å². The predicted molar refractivity (Wildman–Crippen MR) is 87.8 cm³/mol. The van der Waals surface area contributed by atoms with E-state index in [2.05, 4.69) is 24.8 Å². The summed E-state index contributed by atoms with van der Waals surface area (Å²) in [5.74, 6) is 0.178. The third-order valence-electron chi connectivity index (χ3n) is 5.16. The third-order valence-corrected chi connectivity index (χ3v) is 5.16. The number of hydrogen-bond donors (Lipinski definition) is 1. The van der Waals surface area contributed by atoms with Gasteiger partial charge < -0.3 is 9.88 Å². The summed E-state index contributed by atoms with van der Waals surface area (Å²) in [5.41, 5.74) is 1.07. The van der Waals surface area contributed by atoms with E-state index >= 15 is 0 Å². The van der Waals surface area contributed by atoms with Crippen molar-refractivity contribution in [3.05, 3.63) is 42.5 Å². The van der Waals surface area contributed by atoms with E-state index in [4.69, 9.17) is 0 Å². The summed E-state index contributed by atoms with van der Waals surface area (Å²) in [4.78, 5) is 33.8. The van der Waals surface area contributed by atoms with Gasteiger partial charge in [-0.15, -0.1) is 0 Å². The molecule has 2 aliphatic rings. The van der Waals surface area contributed by atoms with Crippen LogP contribution in [-0.2, 0) is 16.9 Å². The number of H-pyrrole nitrogens is 1. The van der Waals surface area contributed by atoms with Gasteiger partial charge in [0.25, 0.3) is 0 Å². The highest BCUT2D eigenvalue weighted by molar-refractivity contribution is 5.87. The van der Waals surface area contributed by atoms with Crippen molar-refractivity contribution in [3.63, 3.8) is 0 Å². The van der Waals surface area contributed by atoms with Crippen LogP contribution < -0.4 is 0 Å². The Balaban J connectivity index is 1.73. The van der Waals surface area contributed by atoms with Crippen LogP contribution in [0.1, 0.15) is 37.1 Å². The number of nitrogens with one attached hydrogen (secondary N) is 1. The first-order valence-corrected chi connectivity index (χ1v) is 8.59. The summed E-state index contributed by atoms with van der Waals surface area (Å²) in [6.45, 7) is 3.23. The van der Waals surface area contributed by atoms with Crippen LogP contribution in [-0.4, -0.2) is 55.3 Å². The molecule has 0 aromatic carbocycles. The number of amides is 1. The molecule has 4 rings (SSSR count). The maximum absolute atomic E-state index is 13.5. The maximum Gasteiger partial charge on any atom is 0.249 e. The number of carbonyl (C=O) groups excluding carboxylic acids is 1. The zero-order valence-electron chi connectivity index (χ0n) is 13.7. The zero-order chi connectivity index (χ0) is 16.4. The van der Waals surface area contributed by atoms with E-state index in [-0.39, 0.29) is 5.91 Å². The number of likely N-dealkylation sites (tertiary alicyclic amines) is 2. The summed E-state index contributed by atoms with van der Waals surface area (Å²) in [6, 6.07) is 0. The molecule has 0 spiro atoms. The Morgan fingerprint density at radius 2 is 2.00 bits per heavy atom. The summed E-state index contributed by atoms with van der Waals surface area (Å²) >= 11 is 0. The smallest absolute Gasteiger partial charge is 0.249 e. The Bertz CT molecular complexity index is 682. The van der Waals surface area contributed by atoms with Gasteiger partial charge in [0, 0.05) is 50.5 Å². The Labute approximate surface area is 141 Å². The van der Waals surface area contributed by atoms with Crippen LogP contribution in [0.3, 0.4) is 0 Å². The van der Waals surface area contributed by atoms with Crippen molar-refractivity contribution in [2.75, 3.05) is 19.6 Å². The molecule has 0 bridgehead atoms. The monoisotopic (exact) mass is 326 g/mol. The first-order valence-electron chi connectivity index (χ1n) is 8.59. The van der Waals surface area contributed by atoms with Gasteiger partial charge in [-0.2, -0.15) is 0 Å². The molecule has 2 aliphatic heterocycles. The number of imidazole rings is 1. The molecule has 7 heteroatoms. The fourth-order valence-corrected chi connectivity index (χ4v) is 4.00. The maximum atomic E-state index is 13.5. The second-order valence-electron chi connectivity index (χ2n) is 6.55. The van der Waals surface area contributed by atoms with E-state index in [1.807, 2.05) is 11.1 Å². The normalized spacial score (nSPS) is 24.6. The highest BCUT2D eigenvalue weighted by Gasteiger charge is 2.52. The fourth-order valence-electron chi connectivity index (χ4n) is 4.00. The molecule has 2 saturated heterocycles. The van der Waals surface area contributed by atoms with Crippen LogP contribution in [0.15, 0.2) is 31.1 Å². The Kier molecular flexibility index (Phi) is 4.02. The Morgan fingerprint density at radius 3 is 2.71 bits per heavy atom.